The van der Waals surface area contributed by atoms with Crippen molar-refractivity contribution in [2.24, 2.45) is 0 Å². The van der Waals surface area contributed by atoms with E-state index >= 15 is 0 Å². The number of anilines is 1. The number of aryl methyl sites for hydroxylation is 1. The van der Waals surface area contributed by atoms with Crippen molar-refractivity contribution in [2.45, 2.75) is 25.7 Å². The number of amides is 2. The van der Waals surface area contributed by atoms with Crippen LogP contribution in [0, 0.1) is 6.92 Å². The number of hydrogen-bond acceptors (Lipinski definition) is 2. The average Bonchev–Trinajstić information content (AvgIpc) is 2.86. The third-order valence-corrected chi connectivity index (χ3v) is 4.28. The van der Waals surface area contributed by atoms with Crippen LogP contribution in [0.1, 0.15) is 29.0 Å². The second-order valence-corrected chi connectivity index (χ2v) is 5.87. The molecule has 1 aliphatic heterocycles. The number of para-hydroxylation sites is 1. The Kier molecular flexibility index (Phi) is 4.42. The molecule has 23 heavy (non-hydrogen) atoms. The zero-order chi connectivity index (χ0) is 16.2. The molecule has 0 bridgehead atoms. The minimum Gasteiger partial charge on any atom is -0.356 e. The molecule has 3 rings (SSSR count). The second kappa shape index (κ2) is 6.65. The Labute approximate surface area is 135 Å². The summed E-state index contributed by atoms with van der Waals surface area (Å²) in [7, 11) is 0. The Balaban J connectivity index is 1.53. The summed E-state index contributed by atoms with van der Waals surface area (Å²) in [6.07, 6.45) is 0.989. The molecule has 1 heterocycles. The van der Waals surface area contributed by atoms with Gasteiger partial charge in [-0.2, -0.15) is 0 Å². The SMILES string of the molecule is Cc1ccccc1CC(=O)NCCC1C(=O)Nc2ccccc21. The summed E-state index contributed by atoms with van der Waals surface area (Å²) < 4.78 is 0. The van der Waals surface area contributed by atoms with Crippen LogP contribution in [0.15, 0.2) is 48.5 Å². The van der Waals surface area contributed by atoms with Crippen molar-refractivity contribution in [3.8, 4) is 0 Å². The largest absolute Gasteiger partial charge is 0.356 e. The second-order valence-electron chi connectivity index (χ2n) is 5.87. The fourth-order valence-corrected chi connectivity index (χ4v) is 2.96. The highest BCUT2D eigenvalue weighted by atomic mass is 16.2. The van der Waals surface area contributed by atoms with Gasteiger partial charge >= 0.3 is 0 Å². The van der Waals surface area contributed by atoms with Gasteiger partial charge in [0.1, 0.15) is 0 Å². The van der Waals surface area contributed by atoms with Crippen LogP contribution in [-0.2, 0) is 16.0 Å². The average molecular weight is 308 g/mol. The monoisotopic (exact) mass is 308 g/mol. The van der Waals surface area contributed by atoms with E-state index in [-0.39, 0.29) is 17.7 Å². The Morgan fingerprint density at radius 2 is 1.87 bits per heavy atom. The molecule has 2 N–H and O–H groups in total. The summed E-state index contributed by atoms with van der Waals surface area (Å²) in [5.41, 5.74) is 4.06. The highest BCUT2D eigenvalue weighted by Crippen LogP contribution is 2.33. The molecular weight excluding hydrogens is 288 g/mol. The molecule has 0 saturated carbocycles. The lowest BCUT2D eigenvalue weighted by atomic mass is 9.97. The first kappa shape index (κ1) is 15.3. The van der Waals surface area contributed by atoms with Crippen molar-refractivity contribution >= 4 is 17.5 Å². The molecule has 2 aromatic carbocycles. The lowest BCUT2D eigenvalue weighted by Gasteiger charge is -2.10. The number of nitrogens with one attached hydrogen (secondary N) is 2. The molecule has 1 aliphatic rings. The van der Waals surface area contributed by atoms with Gasteiger partial charge in [0.2, 0.25) is 11.8 Å². The first-order valence-corrected chi connectivity index (χ1v) is 7.86. The molecule has 118 valence electrons. The predicted molar refractivity (Wildman–Crippen MR) is 90.3 cm³/mol. The van der Waals surface area contributed by atoms with E-state index in [1.54, 1.807) is 0 Å². The Hall–Kier alpha value is -2.62. The van der Waals surface area contributed by atoms with Crippen LogP contribution in [0.4, 0.5) is 5.69 Å². The summed E-state index contributed by atoms with van der Waals surface area (Å²) in [5, 5.41) is 5.80. The summed E-state index contributed by atoms with van der Waals surface area (Å²) in [6.45, 7) is 2.50. The predicted octanol–water partition coefficient (Wildman–Crippen LogP) is 2.78. The first-order chi connectivity index (χ1) is 11.1. The molecule has 2 aromatic rings. The van der Waals surface area contributed by atoms with Gasteiger partial charge in [-0.05, 0) is 36.1 Å². The van der Waals surface area contributed by atoms with Gasteiger partial charge in [-0.3, -0.25) is 9.59 Å². The van der Waals surface area contributed by atoms with Crippen LogP contribution in [0.5, 0.6) is 0 Å². The molecule has 0 aliphatic carbocycles. The molecule has 0 spiro atoms. The smallest absolute Gasteiger partial charge is 0.232 e. The summed E-state index contributed by atoms with van der Waals surface area (Å²) in [5.74, 6) is -0.171. The normalized spacial score (nSPS) is 15.9. The summed E-state index contributed by atoms with van der Waals surface area (Å²) in [4.78, 5) is 24.1. The third-order valence-electron chi connectivity index (χ3n) is 4.28. The molecule has 1 unspecified atom stereocenters. The van der Waals surface area contributed by atoms with Gasteiger partial charge in [0.15, 0.2) is 0 Å². The van der Waals surface area contributed by atoms with Gasteiger partial charge < -0.3 is 10.6 Å². The minimum absolute atomic E-state index is 0.00834. The lowest BCUT2D eigenvalue weighted by molar-refractivity contribution is -0.121. The van der Waals surface area contributed by atoms with Gasteiger partial charge in [0, 0.05) is 12.2 Å². The molecule has 0 aromatic heterocycles. The van der Waals surface area contributed by atoms with Crippen molar-refractivity contribution in [3.05, 3.63) is 65.2 Å². The zero-order valence-corrected chi connectivity index (χ0v) is 13.1. The van der Waals surface area contributed by atoms with Crippen LogP contribution in [0.25, 0.3) is 0 Å². The van der Waals surface area contributed by atoms with E-state index in [4.69, 9.17) is 0 Å². The van der Waals surface area contributed by atoms with E-state index in [1.807, 2.05) is 55.5 Å². The Bertz CT molecular complexity index is 740. The molecule has 0 fully saturated rings. The standard InChI is InChI=1S/C19H20N2O2/c1-13-6-2-3-7-14(13)12-18(22)20-11-10-16-15-8-4-5-9-17(15)21-19(16)23/h2-9,16H,10-12H2,1H3,(H,20,22)(H,21,23). The molecule has 0 radical (unpaired) electrons. The molecule has 4 nitrogen and oxygen atoms in total. The van der Waals surface area contributed by atoms with Gasteiger partial charge in [0.25, 0.3) is 0 Å². The molecule has 2 amide bonds. The van der Waals surface area contributed by atoms with Gasteiger partial charge in [-0.25, -0.2) is 0 Å². The van der Waals surface area contributed by atoms with Crippen LogP contribution in [-0.4, -0.2) is 18.4 Å². The van der Waals surface area contributed by atoms with Gasteiger partial charge in [-0.15, -0.1) is 0 Å². The molecule has 0 saturated heterocycles. The topological polar surface area (TPSA) is 58.2 Å². The maximum Gasteiger partial charge on any atom is 0.232 e. The van der Waals surface area contributed by atoms with E-state index in [0.717, 1.165) is 22.4 Å². The quantitative estimate of drug-likeness (QED) is 0.892. The van der Waals surface area contributed by atoms with Crippen molar-refractivity contribution in [1.29, 1.82) is 0 Å². The number of carbonyl (C=O) groups excluding carboxylic acids is 2. The first-order valence-electron chi connectivity index (χ1n) is 7.86. The highest BCUT2D eigenvalue weighted by molar-refractivity contribution is 6.02. The maximum absolute atomic E-state index is 12.1. The fraction of sp³-hybridized carbons (Fsp3) is 0.263. The summed E-state index contributed by atoms with van der Waals surface area (Å²) in [6, 6.07) is 15.6. The van der Waals surface area contributed by atoms with Gasteiger partial charge in [0.05, 0.1) is 12.3 Å². The molecular formula is C19H20N2O2. The van der Waals surface area contributed by atoms with Crippen molar-refractivity contribution in [1.82, 2.24) is 5.32 Å². The van der Waals surface area contributed by atoms with E-state index in [2.05, 4.69) is 10.6 Å². The van der Waals surface area contributed by atoms with Gasteiger partial charge in [-0.1, -0.05) is 42.5 Å². The van der Waals surface area contributed by atoms with E-state index < -0.39 is 0 Å². The zero-order valence-electron chi connectivity index (χ0n) is 13.1. The Morgan fingerprint density at radius 3 is 2.70 bits per heavy atom. The summed E-state index contributed by atoms with van der Waals surface area (Å²) >= 11 is 0. The number of benzene rings is 2. The van der Waals surface area contributed by atoms with Crippen LogP contribution in [0.2, 0.25) is 0 Å². The molecule has 4 heteroatoms. The Morgan fingerprint density at radius 1 is 1.13 bits per heavy atom. The van der Waals surface area contributed by atoms with Crippen molar-refractivity contribution in [3.63, 3.8) is 0 Å². The minimum atomic E-state index is -0.176. The fourth-order valence-electron chi connectivity index (χ4n) is 2.96. The lowest BCUT2D eigenvalue weighted by Crippen LogP contribution is -2.28. The number of hydrogen-bond donors (Lipinski definition) is 2. The number of carbonyl (C=O) groups is 2. The molecule has 1 atom stereocenters. The highest BCUT2D eigenvalue weighted by Gasteiger charge is 2.29. The third kappa shape index (κ3) is 3.42. The van der Waals surface area contributed by atoms with Crippen LogP contribution in [0.3, 0.4) is 0 Å². The van der Waals surface area contributed by atoms with Crippen molar-refractivity contribution in [2.75, 3.05) is 11.9 Å². The van der Waals surface area contributed by atoms with E-state index in [1.165, 1.54) is 0 Å². The number of rotatable bonds is 5. The van der Waals surface area contributed by atoms with E-state index in [0.29, 0.717) is 19.4 Å². The van der Waals surface area contributed by atoms with E-state index in [9.17, 15) is 9.59 Å². The van der Waals surface area contributed by atoms with Crippen LogP contribution < -0.4 is 10.6 Å². The maximum atomic E-state index is 12.1. The van der Waals surface area contributed by atoms with Crippen LogP contribution >= 0.6 is 0 Å². The van der Waals surface area contributed by atoms with Crippen molar-refractivity contribution < 1.29 is 9.59 Å². The number of fused-ring (bicyclic) bond motifs is 1.